The average Bonchev–Trinajstić information content (AvgIpc) is 3.14. The second-order valence-corrected chi connectivity index (χ2v) is 6.88. The van der Waals surface area contributed by atoms with E-state index < -0.39 is 0 Å². The summed E-state index contributed by atoms with van der Waals surface area (Å²) >= 11 is 0. The van der Waals surface area contributed by atoms with Crippen molar-refractivity contribution >= 4 is 38.2 Å². The lowest BCUT2D eigenvalue weighted by atomic mass is 9.93. The zero-order valence-corrected chi connectivity index (χ0v) is 14.6. The first-order valence-electron chi connectivity index (χ1n) is 9.17. The number of imidazole rings is 1. The van der Waals surface area contributed by atoms with Crippen molar-refractivity contribution in [1.82, 2.24) is 9.38 Å². The Balaban J connectivity index is 1.96. The Morgan fingerprint density at radius 3 is 2.22 bits per heavy atom. The van der Waals surface area contributed by atoms with Gasteiger partial charge in [-0.2, -0.15) is 0 Å². The summed E-state index contributed by atoms with van der Waals surface area (Å²) in [5.74, 6) is 0. The van der Waals surface area contributed by atoms with E-state index in [4.69, 9.17) is 4.98 Å². The monoisotopic (exact) mass is 344 g/mol. The predicted octanol–water partition coefficient (Wildman–Crippen LogP) is 6.46. The van der Waals surface area contributed by atoms with Gasteiger partial charge >= 0.3 is 0 Å². The maximum absolute atomic E-state index is 5.04. The second kappa shape index (κ2) is 5.42. The standard InChI is InChI=1S/C25H16N2/c1-2-9-17(10-3-1)18-13-8-14-20-19-11-4-5-12-21(19)25-24(23(18)20)26-22-15-6-7-16-27(22)25/h1-16H. The van der Waals surface area contributed by atoms with E-state index in [0.29, 0.717) is 0 Å². The fraction of sp³-hybridized carbons (Fsp3) is 0. The van der Waals surface area contributed by atoms with Crippen molar-refractivity contribution in [2.75, 3.05) is 0 Å². The molecule has 0 N–H and O–H groups in total. The van der Waals surface area contributed by atoms with Gasteiger partial charge in [-0.25, -0.2) is 4.98 Å². The van der Waals surface area contributed by atoms with Gasteiger partial charge in [0.25, 0.3) is 0 Å². The number of rotatable bonds is 1. The van der Waals surface area contributed by atoms with Gasteiger partial charge in [0.2, 0.25) is 0 Å². The summed E-state index contributed by atoms with van der Waals surface area (Å²) in [6, 6.07) is 32.0. The Bertz CT molecular complexity index is 1460. The van der Waals surface area contributed by atoms with Gasteiger partial charge in [0.05, 0.1) is 11.0 Å². The van der Waals surface area contributed by atoms with Crippen LogP contribution in [0.4, 0.5) is 0 Å². The molecule has 0 amide bonds. The maximum atomic E-state index is 5.04. The number of nitrogens with zero attached hydrogens (tertiary/aromatic N) is 2. The summed E-state index contributed by atoms with van der Waals surface area (Å²) in [6.07, 6.45) is 2.11. The summed E-state index contributed by atoms with van der Waals surface area (Å²) in [4.78, 5) is 5.04. The molecule has 2 nitrogen and oxygen atoms in total. The van der Waals surface area contributed by atoms with Crippen molar-refractivity contribution in [3.8, 4) is 11.1 Å². The molecule has 6 aromatic rings. The molecule has 4 aromatic carbocycles. The molecule has 0 saturated carbocycles. The van der Waals surface area contributed by atoms with Gasteiger partial charge in [-0.15, -0.1) is 0 Å². The van der Waals surface area contributed by atoms with Crippen LogP contribution in [0.3, 0.4) is 0 Å². The zero-order valence-electron chi connectivity index (χ0n) is 14.6. The third kappa shape index (κ3) is 1.98. The van der Waals surface area contributed by atoms with Crippen LogP contribution in [0.15, 0.2) is 97.2 Å². The SMILES string of the molecule is c1ccc(-c2cccc3c4ccccc4c4c(nc5ccccn54)c23)cc1. The molecule has 6 rings (SSSR count). The minimum Gasteiger partial charge on any atom is -0.299 e. The molecule has 0 fully saturated rings. The molecule has 0 saturated heterocycles. The smallest absolute Gasteiger partial charge is 0.137 e. The Hall–Kier alpha value is -3.65. The number of hydrogen-bond donors (Lipinski definition) is 0. The molecule has 0 aliphatic rings. The first-order valence-corrected chi connectivity index (χ1v) is 9.17. The number of pyridine rings is 1. The predicted molar refractivity (Wildman–Crippen MR) is 113 cm³/mol. The van der Waals surface area contributed by atoms with E-state index in [1.807, 2.05) is 6.07 Å². The number of hydrogen-bond acceptors (Lipinski definition) is 1. The lowest BCUT2D eigenvalue weighted by Crippen LogP contribution is -1.88. The van der Waals surface area contributed by atoms with Crippen LogP contribution < -0.4 is 0 Å². The summed E-state index contributed by atoms with van der Waals surface area (Å²) < 4.78 is 2.21. The Kier molecular flexibility index (Phi) is 2.91. The summed E-state index contributed by atoms with van der Waals surface area (Å²) in [5.41, 5.74) is 5.67. The molecule has 126 valence electrons. The second-order valence-electron chi connectivity index (χ2n) is 6.88. The summed E-state index contributed by atoms with van der Waals surface area (Å²) in [7, 11) is 0. The van der Waals surface area contributed by atoms with E-state index >= 15 is 0 Å². The van der Waals surface area contributed by atoms with E-state index in [9.17, 15) is 0 Å². The number of benzene rings is 4. The number of fused-ring (bicyclic) bond motifs is 8. The normalized spacial score (nSPS) is 11.7. The third-order valence-electron chi connectivity index (χ3n) is 5.39. The van der Waals surface area contributed by atoms with Crippen LogP contribution in [-0.2, 0) is 0 Å². The maximum Gasteiger partial charge on any atom is 0.137 e. The Labute approximate surface area is 156 Å². The van der Waals surface area contributed by atoms with Gasteiger partial charge in [0.1, 0.15) is 5.65 Å². The molecule has 0 atom stereocenters. The summed E-state index contributed by atoms with van der Waals surface area (Å²) in [5, 5.41) is 4.98. The van der Waals surface area contributed by atoms with Crippen molar-refractivity contribution in [3.63, 3.8) is 0 Å². The minimum absolute atomic E-state index is 0.980. The largest absolute Gasteiger partial charge is 0.299 e. The Morgan fingerprint density at radius 2 is 1.33 bits per heavy atom. The molecule has 27 heavy (non-hydrogen) atoms. The molecule has 0 bridgehead atoms. The third-order valence-corrected chi connectivity index (χ3v) is 5.39. The van der Waals surface area contributed by atoms with Crippen LogP contribution in [0.5, 0.6) is 0 Å². The highest BCUT2D eigenvalue weighted by Crippen LogP contribution is 2.39. The van der Waals surface area contributed by atoms with Crippen molar-refractivity contribution < 1.29 is 0 Å². The number of aromatic nitrogens is 2. The van der Waals surface area contributed by atoms with Gasteiger partial charge in [-0.1, -0.05) is 78.9 Å². The molecule has 0 radical (unpaired) electrons. The van der Waals surface area contributed by atoms with Gasteiger partial charge in [0, 0.05) is 17.0 Å². The highest BCUT2D eigenvalue weighted by Gasteiger charge is 2.16. The highest BCUT2D eigenvalue weighted by atomic mass is 15.0. The van der Waals surface area contributed by atoms with Gasteiger partial charge in [-0.3, -0.25) is 4.40 Å². The lowest BCUT2D eigenvalue weighted by Gasteiger charge is -2.11. The van der Waals surface area contributed by atoms with E-state index in [0.717, 1.165) is 11.2 Å². The van der Waals surface area contributed by atoms with E-state index in [-0.39, 0.29) is 0 Å². The molecular formula is C25H16N2. The molecule has 0 unspecified atom stereocenters. The minimum atomic E-state index is 0.980. The fourth-order valence-corrected chi connectivity index (χ4v) is 4.24. The fourth-order valence-electron chi connectivity index (χ4n) is 4.24. The molecule has 0 spiro atoms. The first-order chi connectivity index (χ1) is 13.4. The van der Waals surface area contributed by atoms with Gasteiger partial charge in [0.15, 0.2) is 0 Å². The quantitative estimate of drug-likeness (QED) is 0.313. The van der Waals surface area contributed by atoms with Crippen LogP contribution in [0, 0.1) is 0 Å². The van der Waals surface area contributed by atoms with Crippen molar-refractivity contribution in [2.24, 2.45) is 0 Å². The van der Waals surface area contributed by atoms with Gasteiger partial charge < -0.3 is 0 Å². The molecule has 2 heteroatoms. The zero-order chi connectivity index (χ0) is 17.8. The Morgan fingerprint density at radius 1 is 0.593 bits per heavy atom. The van der Waals surface area contributed by atoms with Crippen molar-refractivity contribution in [2.45, 2.75) is 0 Å². The van der Waals surface area contributed by atoms with Crippen LogP contribution in [0.1, 0.15) is 0 Å². The van der Waals surface area contributed by atoms with Crippen LogP contribution >= 0.6 is 0 Å². The molecule has 0 aliphatic carbocycles. The van der Waals surface area contributed by atoms with E-state index in [1.54, 1.807) is 0 Å². The van der Waals surface area contributed by atoms with Crippen LogP contribution in [-0.4, -0.2) is 9.38 Å². The van der Waals surface area contributed by atoms with E-state index in [2.05, 4.69) is 95.5 Å². The average molecular weight is 344 g/mol. The van der Waals surface area contributed by atoms with Crippen molar-refractivity contribution in [1.29, 1.82) is 0 Å². The topological polar surface area (TPSA) is 17.3 Å². The van der Waals surface area contributed by atoms with Gasteiger partial charge in [-0.05, 0) is 34.0 Å². The highest BCUT2D eigenvalue weighted by molar-refractivity contribution is 6.27. The van der Waals surface area contributed by atoms with Crippen molar-refractivity contribution in [3.05, 3.63) is 97.2 Å². The molecular weight excluding hydrogens is 328 g/mol. The van der Waals surface area contributed by atoms with Crippen LogP contribution in [0.25, 0.3) is 49.4 Å². The molecule has 2 heterocycles. The van der Waals surface area contributed by atoms with Crippen LogP contribution in [0.2, 0.25) is 0 Å². The molecule has 2 aromatic heterocycles. The lowest BCUT2D eigenvalue weighted by molar-refractivity contribution is 1.23. The first kappa shape index (κ1) is 14.5. The van der Waals surface area contributed by atoms with E-state index in [1.165, 1.54) is 38.2 Å². The summed E-state index contributed by atoms with van der Waals surface area (Å²) in [6.45, 7) is 0. The molecule has 0 aliphatic heterocycles.